The third-order valence-corrected chi connectivity index (χ3v) is 11.5. The van der Waals surface area contributed by atoms with E-state index in [1.165, 1.54) is 0 Å². The lowest BCUT2D eigenvalue weighted by Crippen LogP contribution is -2.54. The maximum Gasteiger partial charge on any atom is 0.243 e. The third-order valence-electron chi connectivity index (χ3n) is 10.1. The van der Waals surface area contributed by atoms with Gasteiger partial charge in [-0.3, -0.25) is 24.6 Å². The maximum absolute atomic E-state index is 14.2. The van der Waals surface area contributed by atoms with E-state index in [0.29, 0.717) is 56.8 Å². The zero-order valence-electron chi connectivity index (χ0n) is 36.4. The number of methoxy groups -OCH3 is 1. The van der Waals surface area contributed by atoms with Crippen LogP contribution in [0.3, 0.4) is 0 Å². The summed E-state index contributed by atoms with van der Waals surface area (Å²) in [4.78, 5) is 52.5. The molecule has 17 heteroatoms. The van der Waals surface area contributed by atoms with E-state index in [4.69, 9.17) is 26.4 Å². The van der Waals surface area contributed by atoms with Gasteiger partial charge < -0.3 is 42.2 Å². The molecule has 0 unspecified atom stereocenters. The molecule has 0 spiro atoms. The number of hydrogen-bond acceptors (Lipinski definition) is 10. The monoisotopic (exact) mass is 898 g/mol. The van der Waals surface area contributed by atoms with E-state index >= 15 is 0 Å². The van der Waals surface area contributed by atoms with Crippen LogP contribution < -0.4 is 37.5 Å². The predicted molar refractivity (Wildman–Crippen MR) is 246 cm³/mol. The van der Waals surface area contributed by atoms with Gasteiger partial charge in [0.25, 0.3) is 0 Å². The minimum Gasteiger partial charge on any atom is -0.384 e. The molecule has 0 saturated carbocycles. The van der Waals surface area contributed by atoms with Crippen LogP contribution in [0.4, 0.5) is 0 Å². The van der Waals surface area contributed by atoms with Crippen LogP contribution >= 0.6 is 0 Å². The normalized spacial score (nSPS) is 12.2. The lowest BCUT2D eigenvalue weighted by atomic mass is 10.0. The highest BCUT2D eigenvalue weighted by Gasteiger charge is 2.29. The molecule has 4 aromatic rings. The SMILES string of the molecule is COCCOCCNC(=O)CCC(=O)NCCc1cccc(CS(=O)(=O)N[C@H](CCCc2ccccc2)C(=O)N[C@@H](Cc2cccc(CN)c2)C(=O)NCc2ccc(C(=N)N)cc2)c1. The van der Waals surface area contributed by atoms with E-state index < -0.39 is 39.7 Å². The Kier molecular flexibility index (Phi) is 21.6. The van der Waals surface area contributed by atoms with Gasteiger partial charge in [-0.1, -0.05) is 103 Å². The Labute approximate surface area is 376 Å². The second kappa shape index (κ2) is 27.3. The van der Waals surface area contributed by atoms with Crippen molar-refractivity contribution >= 4 is 39.5 Å². The molecule has 4 amide bonds. The number of carbonyl (C=O) groups is 4. The van der Waals surface area contributed by atoms with Crippen molar-refractivity contribution in [2.75, 3.05) is 40.0 Å². The van der Waals surface area contributed by atoms with Crippen molar-refractivity contribution in [1.29, 1.82) is 5.41 Å². The summed E-state index contributed by atoms with van der Waals surface area (Å²) in [7, 11) is -2.53. The van der Waals surface area contributed by atoms with Crippen LogP contribution in [0.5, 0.6) is 0 Å². The fraction of sp³-hybridized carbons (Fsp3) is 0.383. The molecular weight excluding hydrogens is 837 g/mol. The Morgan fingerprint density at radius 1 is 0.672 bits per heavy atom. The molecule has 0 saturated heterocycles. The molecule has 0 aromatic heterocycles. The Bertz CT molecular complexity index is 2230. The van der Waals surface area contributed by atoms with E-state index in [2.05, 4.69) is 26.0 Å². The summed E-state index contributed by atoms with van der Waals surface area (Å²) >= 11 is 0. The smallest absolute Gasteiger partial charge is 0.243 e. The van der Waals surface area contributed by atoms with Crippen molar-refractivity contribution in [2.45, 2.75) is 75.9 Å². The molecule has 0 aliphatic rings. The minimum atomic E-state index is -4.10. The molecule has 0 heterocycles. The van der Waals surface area contributed by atoms with Crippen LogP contribution in [0.25, 0.3) is 0 Å². The second-order valence-electron chi connectivity index (χ2n) is 15.3. The first-order valence-electron chi connectivity index (χ1n) is 21.3. The van der Waals surface area contributed by atoms with Gasteiger partial charge in [-0.25, -0.2) is 13.1 Å². The summed E-state index contributed by atoms with van der Waals surface area (Å²) in [6, 6.07) is 28.6. The van der Waals surface area contributed by atoms with Crippen molar-refractivity contribution < 1.29 is 37.1 Å². The molecule has 64 heavy (non-hydrogen) atoms. The van der Waals surface area contributed by atoms with Gasteiger partial charge in [-0.2, -0.15) is 0 Å². The predicted octanol–water partition coefficient (Wildman–Crippen LogP) is 2.50. The van der Waals surface area contributed by atoms with Gasteiger partial charge in [0, 0.05) is 58.1 Å². The molecule has 0 radical (unpaired) electrons. The number of nitrogens with two attached hydrogens (primary N) is 2. The fourth-order valence-corrected chi connectivity index (χ4v) is 8.08. The minimum absolute atomic E-state index is 0.0187. The topological polar surface area (TPSA) is 257 Å². The quantitative estimate of drug-likeness (QED) is 0.0225. The van der Waals surface area contributed by atoms with E-state index in [-0.39, 0.29) is 63.0 Å². The van der Waals surface area contributed by atoms with E-state index in [0.717, 1.165) is 27.8 Å². The molecule has 0 aliphatic carbocycles. The van der Waals surface area contributed by atoms with Crippen LogP contribution in [0, 0.1) is 5.41 Å². The first-order valence-corrected chi connectivity index (χ1v) is 23.0. The van der Waals surface area contributed by atoms with E-state index in [1.54, 1.807) is 49.6 Å². The molecule has 0 bridgehead atoms. The standard InChI is InChI=1S/C47H62N8O8S/c1-62-26-27-63-25-24-52-44(57)21-20-43(56)51-23-22-35-11-5-14-39(28-35)33-64(60,61)55-41(15-7-10-34-8-3-2-4-9-34)47(59)54-42(30-37-12-6-13-38(29-37)31-48)46(58)53-32-36-16-18-40(19-17-36)45(49)50/h2-6,8-9,11-14,16-19,28-29,41-42,55H,7,10,15,20-27,30-33,48H2,1H3,(H3,49,50)(H,51,56)(H,52,57)(H,53,58)(H,54,59)/t41-,42+/m1/s1. The molecule has 4 rings (SSSR count). The van der Waals surface area contributed by atoms with Gasteiger partial charge in [-0.05, 0) is 59.1 Å². The molecule has 4 aromatic carbocycles. The average molecular weight is 899 g/mol. The maximum atomic E-state index is 14.2. The highest BCUT2D eigenvalue weighted by Crippen LogP contribution is 2.14. The molecule has 0 fully saturated rings. The molecule has 0 aliphatic heterocycles. The van der Waals surface area contributed by atoms with Crippen molar-refractivity contribution in [1.82, 2.24) is 26.0 Å². The fourth-order valence-electron chi connectivity index (χ4n) is 6.72. The highest BCUT2D eigenvalue weighted by molar-refractivity contribution is 7.88. The summed E-state index contributed by atoms with van der Waals surface area (Å²) < 4.78 is 40.5. The van der Waals surface area contributed by atoms with E-state index in [1.807, 2.05) is 60.7 Å². The number of hydrogen-bond donors (Lipinski definition) is 8. The Hall–Kier alpha value is -5.98. The molecular formula is C47H62N8O8S. The number of carbonyl (C=O) groups excluding carboxylic acids is 4. The van der Waals surface area contributed by atoms with Crippen molar-refractivity contribution in [3.8, 4) is 0 Å². The van der Waals surface area contributed by atoms with Crippen LogP contribution in [0.2, 0.25) is 0 Å². The number of nitrogens with one attached hydrogen (secondary N) is 6. The van der Waals surface area contributed by atoms with Crippen LogP contribution in [0.15, 0.2) is 103 Å². The largest absolute Gasteiger partial charge is 0.384 e. The van der Waals surface area contributed by atoms with Gasteiger partial charge in [0.15, 0.2) is 0 Å². The van der Waals surface area contributed by atoms with Crippen LogP contribution in [-0.4, -0.2) is 90.0 Å². The molecule has 344 valence electrons. The van der Waals surface area contributed by atoms with Crippen molar-refractivity contribution in [3.63, 3.8) is 0 Å². The number of rotatable bonds is 29. The van der Waals surface area contributed by atoms with Gasteiger partial charge >= 0.3 is 0 Å². The number of ether oxygens (including phenoxy) is 2. The molecule has 10 N–H and O–H groups in total. The second-order valence-corrected chi connectivity index (χ2v) is 17.1. The van der Waals surface area contributed by atoms with E-state index in [9.17, 15) is 27.6 Å². The van der Waals surface area contributed by atoms with Crippen LogP contribution in [-0.2, 0) is 76.8 Å². The average Bonchev–Trinajstić information content (AvgIpc) is 3.28. The Morgan fingerprint density at radius 2 is 1.31 bits per heavy atom. The third kappa shape index (κ3) is 19.2. The zero-order valence-corrected chi connectivity index (χ0v) is 37.2. The first-order chi connectivity index (χ1) is 30.8. The summed E-state index contributed by atoms with van der Waals surface area (Å²) in [5.41, 5.74) is 16.7. The summed E-state index contributed by atoms with van der Waals surface area (Å²) in [5, 5.41) is 18.9. The number of sulfonamides is 1. The highest BCUT2D eigenvalue weighted by atomic mass is 32.2. The lowest BCUT2D eigenvalue weighted by Gasteiger charge is -2.24. The lowest BCUT2D eigenvalue weighted by molar-refractivity contribution is -0.130. The molecule has 16 nitrogen and oxygen atoms in total. The number of nitrogen functional groups attached to an aromatic ring is 1. The van der Waals surface area contributed by atoms with Gasteiger partial charge in [-0.15, -0.1) is 0 Å². The van der Waals surface area contributed by atoms with Gasteiger partial charge in [0.2, 0.25) is 33.7 Å². The number of amides is 4. The summed E-state index contributed by atoms with van der Waals surface area (Å²) in [6.07, 6.45) is 1.82. The Balaban J connectivity index is 1.40. The van der Waals surface area contributed by atoms with Gasteiger partial charge in [0.05, 0.1) is 25.6 Å². The summed E-state index contributed by atoms with van der Waals surface area (Å²) in [6.45, 7) is 2.28. The summed E-state index contributed by atoms with van der Waals surface area (Å²) in [5.74, 6) is -2.15. The molecule has 2 atom stereocenters. The number of amidine groups is 1. The van der Waals surface area contributed by atoms with Gasteiger partial charge in [0.1, 0.15) is 17.9 Å². The Morgan fingerprint density at radius 3 is 2.00 bits per heavy atom. The van der Waals surface area contributed by atoms with Crippen molar-refractivity contribution in [3.05, 3.63) is 142 Å². The first kappa shape index (κ1) is 50.7. The van der Waals surface area contributed by atoms with Crippen molar-refractivity contribution in [2.24, 2.45) is 11.5 Å². The van der Waals surface area contributed by atoms with Crippen LogP contribution in [0.1, 0.15) is 64.6 Å². The number of benzene rings is 4. The zero-order chi connectivity index (χ0) is 46.2. The number of aryl methyl sites for hydroxylation is 1.